The quantitative estimate of drug-likeness (QED) is 0.731. The Morgan fingerprint density at radius 3 is 2.76 bits per heavy atom. The summed E-state index contributed by atoms with van der Waals surface area (Å²) in [6.45, 7) is -2.31. The van der Waals surface area contributed by atoms with Crippen molar-refractivity contribution < 1.29 is 13.5 Å². The van der Waals surface area contributed by atoms with E-state index in [1.807, 2.05) is 30.5 Å². The van der Waals surface area contributed by atoms with Gasteiger partial charge in [-0.1, -0.05) is 24.3 Å². The Bertz CT molecular complexity index is 740. The van der Waals surface area contributed by atoms with Gasteiger partial charge in [-0.05, 0) is 29.8 Å². The summed E-state index contributed by atoms with van der Waals surface area (Å²) in [4.78, 5) is 3.14. The molecule has 0 radical (unpaired) electrons. The van der Waals surface area contributed by atoms with E-state index in [4.69, 9.17) is 0 Å². The van der Waals surface area contributed by atoms with Gasteiger partial charge in [-0.25, -0.2) is 0 Å². The van der Waals surface area contributed by atoms with Crippen molar-refractivity contribution in [2.75, 3.05) is 5.32 Å². The normalized spacial score (nSPS) is 11.0. The monoisotopic (exact) mass is 288 g/mol. The van der Waals surface area contributed by atoms with Crippen molar-refractivity contribution in [2.24, 2.45) is 0 Å². The summed E-state index contributed by atoms with van der Waals surface area (Å²) in [5, 5.41) is 4.25. The number of benzene rings is 2. The first-order chi connectivity index (χ1) is 10.2. The van der Waals surface area contributed by atoms with Gasteiger partial charge in [0.05, 0.1) is 5.69 Å². The van der Waals surface area contributed by atoms with E-state index >= 15 is 0 Å². The van der Waals surface area contributed by atoms with Gasteiger partial charge >= 0.3 is 6.61 Å². The van der Waals surface area contributed by atoms with Crippen LogP contribution in [0.5, 0.6) is 5.75 Å². The van der Waals surface area contributed by atoms with E-state index < -0.39 is 6.61 Å². The lowest BCUT2D eigenvalue weighted by Crippen LogP contribution is -2.06. The van der Waals surface area contributed by atoms with E-state index in [-0.39, 0.29) is 5.75 Å². The first-order valence-corrected chi connectivity index (χ1v) is 6.57. The summed E-state index contributed by atoms with van der Waals surface area (Å²) in [7, 11) is 0. The van der Waals surface area contributed by atoms with Crippen LogP contribution in [0.4, 0.5) is 14.5 Å². The van der Waals surface area contributed by atoms with Gasteiger partial charge < -0.3 is 15.0 Å². The van der Waals surface area contributed by atoms with Crippen LogP contribution in [0.1, 0.15) is 5.56 Å². The lowest BCUT2D eigenvalue weighted by atomic mass is 10.1. The predicted molar refractivity (Wildman–Crippen MR) is 78.7 cm³/mol. The van der Waals surface area contributed by atoms with Crippen molar-refractivity contribution in [3.05, 3.63) is 60.3 Å². The van der Waals surface area contributed by atoms with Gasteiger partial charge in [0.1, 0.15) is 5.75 Å². The first-order valence-electron chi connectivity index (χ1n) is 6.57. The van der Waals surface area contributed by atoms with Crippen LogP contribution in [0.15, 0.2) is 54.7 Å². The summed E-state index contributed by atoms with van der Waals surface area (Å²) in [5.41, 5.74) is 2.68. The number of aromatic nitrogens is 1. The molecule has 0 aliphatic carbocycles. The maximum Gasteiger partial charge on any atom is 0.387 e. The van der Waals surface area contributed by atoms with Crippen LogP contribution in [-0.2, 0) is 6.54 Å². The molecule has 0 fully saturated rings. The fourth-order valence-corrected chi connectivity index (χ4v) is 2.31. The van der Waals surface area contributed by atoms with E-state index in [1.54, 1.807) is 18.2 Å². The average Bonchev–Trinajstić information content (AvgIpc) is 2.95. The molecule has 2 N–H and O–H groups in total. The molecule has 21 heavy (non-hydrogen) atoms. The number of ether oxygens (including phenoxy) is 1. The fourth-order valence-electron chi connectivity index (χ4n) is 2.31. The van der Waals surface area contributed by atoms with Gasteiger partial charge in [0, 0.05) is 23.6 Å². The van der Waals surface area contributed by atoms with E-state index in [0.717, 1.165) is 16.5 Å². The second kappa shape index (κ2) is 5.83. The molecule has 1 heterocycles. The molecule has 5 heteroatoms. The van der Waals surface area contributed by atoms with Gasteiger partial charge in [0.25, 0.3) is 0 Å². The van der Waals surface area contributed by atoms with E-state index in [1.165, 1.54) is 6.07 Å². The molecule has 1 aromatic heterocycles. The summed E-state index contributed by atoms with van der Waals surface area (Å²) >= 11 is 0. The molecular formula is C16H14F2N2O. The third-order valence-electron chi connectivity index (χ3n) is 3.26. The van der Waals surface area contributed by atoms with Gasteiger partial charge in [0.15, 0.2) is 0 Å². The number of rotatable bonds is 5. The molecule has 0 saturated heterocycles. The fraction of sp³-hybridized carbons (Fsp3) is 0.125. The molecule has 0 spiro atoms. The molecule has 0 unspecified atom stereocenters. The molecule has 3 aromatic rings. The molecule has 3 rings (SSSR count). The maximum atomic E-state index is 12.4. The summed E-state index contributed by atoms with van der Waals surface area (Å²) in [5.74, 6) is 0.147. The van der Waals surface area contributed by atoms with Crippen molar-refractivity contribution in [1.82, 2.24) is 4.98 Å². The Morgan fingerprint density at radius 1 is 1.05 bits per heavy atom. The molecular weight excluding hydrogens is 274 g/mol. The molecule has 0 saturated carbocycles. The molecule has 3 nitrogen and oxygen atoms in total. The minimum absolute atomic E-state index is 0.147. The first kappa shape index (κ1) is 13.4. The molecule has 0 amide bonds. The highest BCUT2D eigenvalue weighted by Gasteiger charge is 2.09. The lowest BCUT2D eigenvalue weighted by molar-refractivity contribution is -0.0493. The maximum absolute atomic E-state index is 12.4. The number of aromatic amines is 1. The van der Waals surface area contributed by atoms with E-state index in [0.29, 0.717) is 12.2 Å². The van der Waals surface area contributed by atoms with Gasteiger partial charge in [0.2, 0.25) is 0 Å². The van der Waals surface area contributed by atoms with Crippen molar-refractivity contribution in [1.29, 1.82) is 0 Å². The van der Waals surface area contributed by atoms with Crippen LogP contribution >= 0.6 is 0 Å². The van der Waals surface area contributed by atoms with Crippen LogP contribution in [-0.4, -0.2) is 11.6 Å². The van der Waals surface area contributed by atoms with Gasteiger partial charge in [-0.3, -0.25) is 0 Å². The van der Waals surface area contributed by atoms with Crippen molar-refractivity contribution in [2.45, 2.75) is 13.2 Å². The number of hydrogen-bond acceptors (Lipinski definition) is 2. The Labute approximate surface area is 120 Å². The Hall–Kier alpha value is -2.56. The second-order valence-electron chi connectivity index (χ2n) is 4.58. The molecule has 0 atom stereocenters. The van der Waals surface area contributed by atoms with Crippen molar-refractivity contribution in [3.63, 3.8) is 0 Å². The number of hydrogen-bond donors (Lipinski definition) is 2. The highest BCUT2D eigenvalue weighted by Crippen LogP contribution is 2.27. The van der Waals surface area contributed by atoms with E-state index in [9.17, 15) is 8.78 Å². The Kier molecular flexibility index (Phi) is 3.73. The lowest BCUT2D eigenvalue weighted by Gasteiger charge is -2.13. The summed E-state index contributed by atoms with van der Waals surface area (Å²) in [6, 6.07) is 14.6. The smallest absolute Gasteiger partial charge is 0.387 e. The van der Waals surface area contributed by atoms with Crippen molar-refractivity contribution in [3.8, 4) is 5.75 Å². The third-order valence-corrected chi connectivity index (χ3v) is 3.26. The minimum atomic E-state index is -2.83. The summed E-state index contributed by atoms with van der Waals surface area (Å²) < 4.78 is 29.3. The summed E-state index contributed by atoms with van der Waals surface area (Å²) in [6.07, 6.45) is 1.88. The Balaban J connectivity index is 1.80. The molecule has 0 aliphatic rings. The minimum Gasteiger partial charge on any atom is -0.433 e. The zero-order chi connectivity index (χ0) is 14.7. The largest absolute Gasteiger partial charge is 0.433 e. The van der Waals surface area contributed by atoms with E-state index in [2.05, 4.69) is 15.0 Å². The standard InChI is InChI=1S/C16H14F2N2O/c17-16(18)21-15-7-2-1-5-14(15)20-10-11-4-3-6-13-12(11)8-9-19-13/h1-9,16,19-20H,10H2. The van der Waals surface area contributed by atoms with Crippen LogP contribution in [0, 0.1) is 0 Å². The third kappa shape index (κ3) is 2.97. The second-order valence-corrected chi connectivity index (χ2v) is 4.58. The van der Waals surface area contributed by atoms with Gasteiger partial charge in [-0.2, -0.15) is 8.78 Å². The molecule has 0 bridgehead atoms. The highest BCUT2D eigenvalue weighted by molar-refractivity contribution is 5.83. The average molecular weight is 288 g/mol. The Morgan fingerprint density at radius 2 is 1.90 bits per heavy atom. The molecule has 0 aliphatic heterocycles. The topological polar surface area (TPSA) is 37.0 Å². The van der Waals surface area contributed by atoms with Crippen LogP contribution in [0.2, 0.25) is 0 Å². The number of fused-ring (bicyclic) bond motifs is 1. The van der Waals surface area contributed by atoms with Gasteiger partial charge in [-0.15, -0.1) is 0 Å². The number of halogens is 2. The zero-order valence-corrected chi connectivity index (χ0v) is 11.1. The number of anilines is 1. The van der Waals surface area contributed by atoms with Crippen LogP contribution in [0.3, 0.4) is 0 Å². The van der Waals surface area contributed by atoms with Crippen LogP contribution in [0.25, 0.3) is 10.9 Å². The molecule has 2 aromatic carbocycles. The zero-order valence-electron chi connectivity index (χ0n) is 11.1. The highest BCUT2D eigenvalue weighted by atomic mass is 19.3. The number of H-pyrrole nitrogens is 1. The molecule has 108 valence electrons. The van der Waals surface area contributed by atoms with Crippen molar-refractivity contribution >= 4 is 16.6 Å². The number of nitrogens with one attached hydrogen (secondary N) is 2. The number of para-hydroxylation sites is 2. The van der Waals surface area contributed by atoms with Crippen LogP contribution < -0.4 is 10.1 Å². The predicted octanol–water partition coefficient (Wildman–Crippen LogP) is 4.38. The SMILES string of the molecule is FC(F)Oc1ccccc1NCc1cccc2[nH]ccc12. The number of alkyl halides is 2.